The molecule has 0 N–H and O–H groups in total. The van der Waals surface area contributed by atoms with Gasteiger partial charge in [0, 0.05) is 18.4 Å². The van der Waals surface area contributed by atoms with E-state index >= 15 is 0 Å². The number of ether oxygens (including phenoxy) is 2. The minimum Gasteiger partial charge on any atom is -0.480 e. The van der Waals surface area contributed by atoms with Crippen molar-refractivity contribution in [2.24, 2.45) is 5.92 Å². The molecule has 0 aliphatic heterocycles. The average Bonchev–Trinajstić information content (AvgIpc) is 3.53. The molecule has 1 aliphatic carbocycles. The maximum absolute atomic E-state index is 12.8. The highest BCUT2D eigenvalue weighted by atomic mass is 16.5. The molecule has 0 unspecified atom stereocenters. The van der Waals surface area contributed by atoms with Gasteiger partial charge in [-0.25, -0.2) is 9.97 Å². The van der Waals surface area contributed by atoms with Gasteiger partial charge < -0.3 is 14.0 Å². The molecule has 1 fully saturated rings. The SMILES string of the molecule is COc1ncc(-c2nccc3c2nc(C)c(=O)n3[C@H](C)C2CC2)c(OC)n1. The summed E-state index contributed by atoms with van der Waals surface area (Å²) in [4.78, 5) is 30.3. The Hall–Kier alpha value is -3.03. The van der Waals surface area contributed by atoms with Crippen molar-refractivity contribution >= 4 is 11.0 Å². The Morgan fingerprint density at radius 3 is 2.63 bits per heavy atom. The van der Waals surface area contributed by atoms with Crippen LogP contribution in [-0.4, -0.2) is 38.7 Å². The molecular weight excluding hydrogens is 346 g/mol. The number of nitrogens with zero attached hydrogens (tertiary/aromatic N) is 5. The van der Waals surface area contributed by atoms with Crippen LogP contribution in [0.3, 0.4) is 0 Å². The Morgan fingerprint density at radius 2 is 1.96 bits per heavy atom. The van der Waals surface area contributed by atoms with Crippen LogP contribution in [0, 0.1) is 12.8 Å². The fourth-order valence-corrected chi connectivity index (χ4v) is 3.41. The minimum atomic E-state index is -0.0583. The molecule has 1 saturated carbocycles. The van der Waals surface area contributed by atoms with Crippen LogP contribution in [0.2, 0.25) is 0 Å². The fraction of sp³-hybridized carbons (Fsp3) is 0.421. The van der Waals surface area contributed by atoms with Crippen LogP contribution < -0.4 is 15.0 Å². The van der Waals surface area contributed by atoms with E-state index in [4.69, 9.17) is 9.47 Å². The lowest BCUT2D eigenvalue weighted by Crippen LogP contribution is -2.28. The molecule has 3 aromatic rings. The summed E-state index contributed by atoms with van der Waals surface area (Å²) in [7, 11) is 3.02. The standard InChI is InChI=1S/C19H21N5O3/c1-10-18(25)24(11(2)12-5-6-12)14-7-8-20-15(16(14)22-10)13-9-21-19(27-4)23-17(13)26-3/h7-9,11-12H,5-6H2,1-4H3/t11-/m1/s1. The van der Waals surface area contributed by atoms with Crippen molar-refractivity contribution in [3.63, 3.8) is 0 Å². The van der Waals surface area contributed by atoms with E-state index in [-0.39, 0.29) is 17.6 Å². The predicted molar refractivity (Wildman–Crippen MR) is 100 cm³/mol. The van der Waals surface area contributed by atoms with Gasteiger partial charge in [-0.3, -0.25) is 9.78 Å². The zero-order valence-electron chi connectivity index (χ0n) is 15.8. The van der Waals surface area contributed by atoms with Crippen molar-refractivity contribution in [2.45, 2.75) is 32.7 Å². The van der Waals surface area contributed by atoms with Crippen molar-refractivity contribution < 1.29 is 9.47 Å². The molecule has 27 heavy (non-hydrogen) atoms. The van der Waals surface area contributed by atoms with E-state index in [1.165, 1.54) is 14.2 Å². The van der Waals surface area contributed by atoms with Crippen LogP contribution in [-0.2, 0) is 0 Å². The third-order valence-electron chi connectivity index (χ3n) is 5.04. The van der Waals surface area contributed by atoms with Crippen LogP contribution in [0.25, 0.3) is 22.3 Å². The van der Waals surface area contributed by atoms with Crippen LogP contribution in [0.1, 0.15) is 31.5 Å². The second kappa shape index (κ2) is 6.61. The van der Waals surface area contributed by atoms with Crippen LogP contribution in [0.5, 0.6) is 11.9 Å². The van der Waals surface area contributed by atoms with Crippen molar-refractivity contribution in [2.75, 3.05) is 14.2 Å². The normalized spacial score (nSPS) is 15.0. The van der Waals surface area contributed by atoms with Gasteiger partial charge in [0.2, 0.25) is 5.88 Å². The van der Waals surface area contributed by atoms with E-state index in [0.29, 0.717) is 34.3 Å². The number of aryl methyl sites for hydroxylation is 1. The third-order valence-corrected chi connectivity index (χ3v) is 5.04. The summed E-state index contributed by atoms with van der Waals surface area (Å²) in [5.41, 5.74) is 2.95. The first kappa shape index (κ1) is 17.4. The molecule has 1 aliphatic rings. The molecule has 140 valence electrons. The number of pyridine rings is 1. The van der Waals surface area contributed by atoms with Gasteiger partial charge >= 0.3 is 6.01 Å². The molecule has 1 atom stereocenters. The Bertz CT molecular complexity index is 1070. The molecule has 8 heteroatoms. The Kier molecular flexibility index (Phi) is 4.25. The summed E-state index contributed by atoms with van der Waals surface area (Å²) in [5.74, 6) is 0.873. The molecule has 3 aromatic heterocycles. The van der Waals surface area contributed by atoms with Gasteiger partial charge in [0.25, 0.3) is 5.56 Å². The monoisotopic (exact) mass is 367 g/mol. The Balaban J connectivity index is 2.00. The van der Waals surface area contributed by atoms with Crippen molar-refractivity contribution in [1.29, 1.82) is 0 Å². The van der Waals surface area contributed by atoms with Gasteiger partial charge in [-0.15, -0.1) is 0 Å². The van der Waals surface area contributed by atoms with Crippen molar-refractivity contribution in [3.8, 4) is 23.1 Å². The van der Waals surface area contributed by atoms with Crippen LogP contribution in [0.4, 0.5) is 0 Å². The summed E-state index contributed by atoms with van der Waals surface area (Å²) in [6.45, 7) is 3.82. The molecule has 0 bridgehead atoms. The summed E-state index contributed by atoms with van der Waals surface area (Å²) in [6.07, 6.45) is 5.57. The Labute approximate surface area is 156 Å². The highest BCUT2D eigenvalue weighted by Crippen LogP contribution is 2.40. The van der Waals surface area contributed by atoms with E-state index in [0.717, 1.165) is 18.4 Å². The molecular formula is C19H21N5O3. The molecule has 0 saturated heterocycles. The fourth-order valence-electron chi connectivity index (χ4n) is 3.41. The zero-order chi connectivity index (χ0) is 19.1. The molecule has 0 spiro atoms. The highest BCUT2D eigenvalue weighted by Gasteiger charge is 2.31. The second-order valence-electron chi connectivity index (χ2n) is 6.76. The van der Waals surface area contributed by atoms with Gasteiger partial charge in [-0.05, 0) is 38.7 Å². The topological polar surface area (TPSA) is 92.0 Å². The minimum absolute atomic E-state index is 0.0583. The number of hydrogen-bond donors (Lipinski definition) is 0. The molecule has 3 heterocycles. The lowest BCUT2D eigenvalue weighted by atomic mass is 10.1. The van der Waals surface area contributed by atoms with Gasteiger partial charge in [0.15, 0.2) is 0 Å². The summed E-state index contributed by atoms with van der Waals surface area (Å²) >= 11 is 0. The number of methoxy groups -OCH3 is 2. The van der Waals surface area contributed by atoms with Crippen molar-refractivity contribution in [3.05, 3.63) is 34.5 Å². The van der Waals surface area contributed by atoms with E-state index in [1.54, 1.807) is 19.3 Å². The number of aromatic nitrogens is 5. The molecule has 4 rings (SSSR count). The number of hydrogen-bond acceptors (Lipinski definition) is 7. The summed E-state index contributed by atoms with van der Waals surface area (Å²) in [6, 6.07) is 2.16. The van der Waals surface area contributed by atoms with E-state index in [9.17, 15) is 4.79 Å². The first-order valence-electron chi connectivity index (χ1n) is 8.88. The highest BCUT2D eigenvalue weighted by molar-refractivity contribution is 5.90. The molecule has 0 amide bonds. The van der Waals surface area contributed by atoms with Gasteiger partial charge in [-0.2, -0.15) is 4.98 Å². The molecule has 0 radical (unpaired) electrons. The van der Waals surface area contributed by atoms with E-state index in [2.05, 4.69) is 26.9 Å². The quantitative estimate of drug-likeness (QED) is 0.684. The van der Waals surface area contributed by atoms with Gasteiger partial charge in [0.05, 0.1) is 25.3 Å². The van der Waals surface area contributed by atoms with E-state index in [1.807, 2.05) is 10.6 Å². The third kappa shape index (κ3) is 2.90. The van der Waals surface area contributed by atoms with Crippen LogP contribution >= 0.6 is 0 Å². The lowest BCUT2D eigenvalue weighted by molar-refractivity contribution is 0.353. The predicted octanol–water partition coefficient (Wildman–Crippen LogP) is 2.55. The van der Waals surface area contributed by atoms with E-state index < -0.39 is 0 Å². The Morgan fingerprint density at radius 1 is 1.19 bits per heavy atom. The number of fused-ring (bicyclic) bond motifs is 1. The zero-order valence-corrected chi connectivity index (χ0v) is 15.8. The maximum atomic E-state index is 12.8. The first-order chi connectivity index (χ1) is 13.0. The summed E-state index contributed by atoms with van der Waals surface area (Å²) in [5, 5.41) is 0. The largest absolute Gasteiger partial charge is 0.480 e. The second-order valence-corrected chi connectivity index (χ2v) is 6.76. The van der Waals surface area contributed by atoms with Crippen LogP contribution in [0.15, 0.2) is 23.3 Å². The smallest absolute Gasteiger partial charge is 0.319 e. The van der Waals surface area contributed by atoms with Gasteiger partial charge in [-0.1, -0.05) is 0 Å². The first-order valence-corrected chi connectivity index (χ1v) is 8.88. The average molecular weight is 367 g/mol. The summed E-state index contributed by atoms with van der Waals surface area (Å²) < 4.78 is 12.3. The number of rotatable bonds is 5. The maximum Gasteiger partial charge on any atom is 0.319 e. The lowest BCUT2D eigenvalue weighted by Gasteiger charge is -2.19. The molecule has 0 aromatic carbocycles. The van der Waals surface area contributed by atoms with Crippen molar-refractivity contribution in [1.82, 2.24) is 24.5 Å². The van der Waals surface area contributed by atoms with Gasteiger partial charge in [0.1, 0.15) is 16.9 Å². The molecule has 8 nitrogen and oxygen atoms in total.